The fraction of sp³-hybridized carbons (Fsp3) is 0.0909. The molecule has 0 unspecified atom stereocenters. The van der Waals surface area contributed by atoms with Crippen molar-refractivity contribution in [2.24, 2.45) is 0 Å². The Balaban J connectivity index is 2.30. The molecule has 76 valence electrons. The van der Waals surface area contributed by atoms with Gasteiger partial charge in [0.15, 0.2) is 0 Å². The summed E-state index contributed by atoms with van der Waals surface area (Å²) in [7, 11) is 0. The molecule has 4 heteroatoms. The first-order valence-corrected chi connectivity index (χ1v) is 5.73. The van der Waals surface area contributed by atoms with Gasteiger partial charge in [-0.2, -0.15) is 0 Å². The summed E-state index contributed by atoms with van der Waals surface area (Å²) < 4.78 is 1.81. The molecule has 0 atom stereocenters. The van der Waals surface area contributed by atoms with Gasteiger partial charge in [-0.25, -0.2) is 4.98 Å². The Labute approximate surface area is 102 Å². The molecule has 0 spiro atoms. The lowest BCUT2D eigenvalue weighted by Crippen LogP contribution is -1.96. The number of aromatic amines is 1. The highest BCUT2D eigenvalue weighted by atomic mass is 79.9. The number of benzene rings is 1. The molecule has 15 heavy (non-hydrogen) atoms. The van der Waals surface area contributed by atoms with Crippen molar-refractivity contribution in [3.63, 3.8) is 0 Å². The quantitative estimate of drug-likeness (QED) is 0.853. The van der Waals surface area contributed by atoms with Crippen LogP contribution in [0.4, 0.5) is 0 Å². The number of rotatable bonds is 2. The van der Waals surface area contributed by atoms with Gasteiger partial charge in [-0.1, -0.05) is 46.3 Å². The van der Waals surface area contributed by atoms with Crippen molar-refractivity contribution in [2.75, 3.05) is 0 Å². The number of H-pyrrole nitrogens is 1. The predicted octanol–water partition coefficient (Wildman–Crippen LogP) is 3.49. The van der Waals surface area contributed by atoms with Gasteiger partial charge >= 0.3 is 0 Å². The highest BCUT2D eigenvalue weighted by Crippen LogP contribution is 2.17. The summed E-state index contributed by atoms with van der Waals surface area (Å²) in [5.74, 6) is 0.884. The summed E-state index contributed by atoms with van der Waals surface area (Å²) in [5, 5.41) is 0. The van der Waals surface area contributed by atoms with Crippen LogP contribution in [0.1, 0.15) is 11.4 Å². The minimum absolute atomic E-state index is 0.715. The van der Waals surface area contributed by atoms with Crippen molar-refractivity contribution >= 4 is 28.1 Å². The Morgan fingerprint density at radius 2 is 2.07 bits per heavy atom. The lowest BCUT2D eigenvalue weighted by atomic mass is 10.1. The molecular formula is C11H9BrN2S. The molecule has 0 fully saturated rings. The minimum Gasteiger partial charge on any atom is -0.335 e. The number of nitrogens with one attached hydrogen (secondary N) is 1. The molecule has 1 aromatic carbocycles. The molecule has 0 bridgehead atoms. The van der Waals surface area contributed by atoms with Crippen molar-refractivity contribution in [1.29, 1.82) is 0 Å². The van der Waals surface area contributed by atoms with Crippen molar-refractivity contribution in [2.45, 2.75) is 6.42 Å². The van der Waals surface area contributed by atoms with E-state index in [0.29, 0.717) is 4.64 Å². The van der Waals surface area contributed by atoms with Crippen molar-refractivity contribution in [3.05, 3.63) is 57.0 Å². The largest absolute Gasteiger partial charge is 0.335 e. The van der Waals surface area contributed by atoms with E-state index in [0.717, 1.165) is 16.7 Å². The fourth-order valence-electron chi connectivity index (χ4n) is 1.32. The average Bonchev–Trinajstić information content (AvgIpc) is 2.22. The monoisotopic (exact) mass is 280 g/mol. The summed E-state index contributed by atoms with van der Waals surface area (Å²) in [6.45, 7) is 0. The number of nitrogens with zero attached hydrogens (tertiary/aromatic N) is 1. The van der Waals surface area contributed by atoms with Gasteiger partial charge < -0.3 is 4.98 Å². The Morgan fingerprint density at radius 3 is 2.80 bits per heavy atom. The van der Waals surface area contributed by atoms with Crippen molar-refractivity contribution in [1.82, 2.24) is 9.97 Å². The third kappa shape index (κ3) is 2.73. The first-order valence-electron chi connectivity index (χ1n) is 4.53. The van der Waals surface area contributed by atoms with Crippen LogP contribution in [0.25, 0.3) is 0 Å². The molecule has 2 nitrogen and oxygen atoms in total. The molecule has 0 amide bonds. The zero-order valence-corrected chi connectivity index (χ0v) is 10.3. The minimum atomic E-state index is 0.715. The number of hydrogen-bond donors (Lipinski definition) is 1. The first kappa shape index (κ1) is 10.5. The molecular weight excluding hydrogens is 272 g/mol. The van der Waals surface area contributed by atoms with E-state index in [1.807, 2.05) is 18.2 Å². The normalized spacial score (nSPS) is 10.2. The molecule has 2 aromatic rings. The Bertz CT molecular complexity index is 522. The molecule has 0 radical (unpaired) electrons. The van der Waals surface area contributed by atoms with E-state index in [4.69, 9.17) is 12.2 Å². The number of halogens is 1. The van der Waals surface area contributed by atoms with E-state index in [2.05, 4.69) is 32.0 Å². The molecule has 0 saturated carbocycles. The van der Waals surface area contributed by atoms with Crippen molar-refractivity contribution < 1.29 is 0 Å². The van der Waals surface area contributed by atoms with E-state index in [1.165, 1.54) is 5.56 Å². The Hall–Kier alpha value is -1.000. The molecule has 1 heterocycles. The van der Waals surface area contributed by atoms with Crippen molar-refractivity contribution in [3.8, 4) is 0 Å². The van der Waals surface area contributed by atoms with Crippen LogP contribution >= 0.6 is 28.1 Å². The van der Waals surface area contributed by atoms with Crippen LogP contribution in [0.2, 0.25) is 0 Å². The van der Waals surface area contributed by atoms with Crippen LogP contribution in [-0.2, 0) is 6.42 Å². The van der Waals surface area contributed by atoms with E-state index < -0.39 is 0 Å². The predicted molar refractivity (Wildman–Crippen MR) is 66.4 cm³/mol. The number of aromatic nitrogens is 2. The first-order chi connectivity index (χ1) is 7.25. The average molecular weight is 281 g/mol. The van der Waals surface area contributed by atoms with Crippen LogP contribution in [0, 0.1) is 4.64 Å². The van der Waals surface area contributed by atoms with Crippen LogP contribution in [0.5, 0.6) is 0 Å². The van der Waals surface area contributed by atoms with Gasteiger partial charge in [0.05, 0.1) is 0 Å². The van der Waals surface area contributed by atoms with E-state index in [-0.39, 0.29) is 0 Å². The molecule has 0 aliphatic heterocycles. The standard InChI is InChI=1S/C11H9BrN2S/c12-9-4-2-1-3-8(9)7-10-13-6-5-11(15)14-10/h1-6H,7H2,(H,13,14,15). The smallest absolute Gasteiger partial charge is 0.111 e. The zero-order chi connectivity index (χ0) is 10.7. The summed E-state index contributed by atoms with van der Waals surface area (Å²) in [5.41, 5.74) is 1.20. The number of hydrogen-bond acceptors (Lipinski definition) is 2. The zero-order valence-electron chi connectivity index (χ0n) is 7.90. The third-order valence-electron chi connectivity index (χ3n) is 2.04. The second-order valence-electron chi connectivity index (χ2n) is 3.15. The molecule has 2 rings (SSSR count). The van der Waals surface area contributed by atoms with Gasteiger partial charge in [0.2, 0.25) is 0 Å². The Kier molecular flexibility index (Phi) is 3.28. The van der Waals surface area contributed by atoms with Gasteiger partial charge in [-0.3, -0.25) is 0 Å². The Morgan fingerprint density at radius 1 is 1.27 bits per heavy atom. The van der Waals surface area contributed by atoms with Gasteiger partial charge in [0.25, 0.3) is 0 Å². The lowest BCUT2D eigenvalue weighted by Gasteiger charge is -2.03. The molecule has 0 aliphatic rings. The van der Waals surface area contributed by atoms with Crippen LogP contribution < -0.4 is 0 Å². The van der Waals surface area contributed by atoms with E-state index in [1.54, 1.807) is 12.3 Å². The lowest BCUT2D eigenvalue weighted by molar-refractivity contribution is 0.957. The van der Waals surface area contributed by atoms with E-state index >= 15 is 0 Å². The molecule has 0 saturated heterocycles. The summed E-state index contributed by atoms with van der Waals surface area (Å²) in [4.78, 5) is 7.30. The summed E-state index contributed by atoms with van der Waals surface area (Å²) in [6, 6.07) is 9.87. The van der Waals surface area contributed by atoms with Gasteiger partial charge in [-0.15, -0.1) is 0 Å². The topological polar surface area (TPSA) is 28.7 Å². The second-order valence-corrected chi connectivity index (χ2v) is 4.44. The summed E-state index contributed by atoms with van der Waals surface area (Å²) in [6.07, 6.45) is 2.48. The van der Waals surface area contributed by atoms with Crippen LogP contribution in [-0.4, -0.2) is 9.97 Å². The molecule has 0 aliphatic carbocycles. The van der Waals surface area contributed by atoms with Crippen LogP contribution in [0.3, 0.4) is 0 Å². The molecule has 1 N–H and O–H groups in total. The summed E-state index contributed by atoms with van der Waals surface area (Å²) >= 11 is 8.55. The van der Waals surface area contributed by atoms with Crippen LogP contribution in [0.15, 0.2) is 41.0 Å². The van der Waals surface area contributed by atoms with Gasteiger partial charge in [-0.05, 0) is 17.7 Å². The maximum Gasteiger partial charge on any atom is 0.111 e. The maximum atomic E-state index is 5.04. The fourth-order valence-corrected chi connectivity index (χ4v) is 1.93. The van der Waals surface area contributed by atoms with E-state index in [9.17, 15) is 0 Å². The maximum absolute atomic E-state index is 5.04. The second kappa shape index (κ2) is 4.68. The van der Waals surface area contributed by atoms with Gasteiger partial charge in [0, 0.05) is 17.1 Å². The molecule has 1 aromatic heterocycles. The highest BCUT2D eigenvalue weighted by molar-refractivity contribution is 9.10. The highest BCUT2D eigenvalue weighted by Gasteiger charge is 2.01. The third-order valence-corrected chi connectivity index (χ3v) is 3.05. The van der Waals surface area contributed by atoms with Gasteiger partial charge in [0.1, 0.15) is 10.5 Å². The SMILES string of the molecule is S=c1ccnc(Cc2ccccc2Br)[nH]1.